The quantitative estimate of drug-likeness (QED) is 0.882. The lowest BCUT2D eigenvalue weighted by molar-refractivity contribution is 0.184. The Labute approximate surface area is 146 Å². The molecule has 132 valence electrons. The summed E-state index contributed by atoms with van der Waals surface area (Å²) in [7, 11) is 0. The molecular weight excluding hydrogens is 316 g/mol. The van der Waals surface area contributed by atoms with E-state index in [1.165, 1.54) is 19.3 Å². The van der Waals surface area contributed by atoms with Gasteiger partial charge in [0.05, 0.1) is 17.8 Å². The summed E-state index contributed by atoms with van der Waals surface area (Å²) in [4.78, 5) is 27.1. The second-order valence-corrected chi connectivity index (χ2v) is 7.00. The monoisotopic (exact) mass is 340 g/mol. The minimum absolute atomic E-state index is 0.0376. The highest BCUT2D eigenvalue weighted by Crippen LogP contribution is 2.19. The molecule has 1 aliphatic heterocycles. The molecule has 2 aliphatic rings. The van der Waals surface area contributed by atoms with Gasteiger partial charge in [-0.15, -0.1) is 0 Å². The first-order valence-corrected chi connectivity index (χ1v) is 9.16. The first-order valence-electron chi connectivity index (χ1n) is 9.16. The van der Waals surface area contributed by atoms with Gasteiger partial charge in [-0.1, -0.05) is 37.5 Å². The zero-order valence-corrected chi connectivity index (χ0v) is 14.3. The fourth-order valence-electron chi connectivity index (χ4n) is 3.85. The third kappa shape index (κ3) is 3.21. The minimum Gasteiger partial charge on any atom is -0.335 e. The zero-order chi connectivity index (χ0) is 17.2. The minimum atomic E-state index is -0.0589. The average molecular weight is 340 g/mol. The van der Waals surface area contributed by atoms with Crippen LogP contribution in [0.1, 0.15) is 43.4 Å². The summed E-state index contributed by atoms with van der Waals surface area (Å²) in [5.41, 5.74) is 2.40. The molecule has 2 heterocycles. The normalized spacial score (nSPS) is 18.0. The largest absolute Gasteiger partial charge is 0.335 e. The van der Waals surface area contributed by atoms with E-state index < -0.39 is 0 Å². The number of aromatic amines is 1. The summed E-state index contributed by atoms with van der Waals surface area (Å²) in [6, 6.07) is 9.79. The van der Waals surface area contributed by atoms with Gasteiger partial charge in [0.15, 0.2) is 0 Å². The molecule has 25 heavy (non-hydrogen) atoms. The van der Waals surface area contributed by atoms with Crippen molar-refractivity contribution in [2.75, 3.05) is 6.54 Å². The number of para-hydroxylation sites is 1. The summed E-state index contributed by atoms with van der Waals surface area (Å²) in [5.74, 6) is 0. The number of urea groups is 1. The SMILES string of the molecule is O=C(NC1CCCCC1)N1CCc2[nH]n(-c3ccccc3)c(=O)c2C1. The molecular formula is C19H24N4O2. The third-order valence-electron chi connectivity index (χ3n) is 5.29. The van der Waals surface area contributed by atoms with Crippen molar-refractivity contribution >= 4 is 6.03 Å². The topological polar surface area (TPSA) is 70.1 Å². The van der Waals surface area contributed by atoms with Crippen molar-refractivity contribution in [1.82, 2.24) is 20.0 Å². The summed E-state index contributed by atoms with van der Waals surface area (Å²) >= 11 is 0. The van der Waals surface area contributed by atoms with Crippen molar-refractivity contribution in [3.05, 3.63) is 51.9 Å². The number of fused-ring (bicyclic) bond motifs is 1. The van der Waals surface area contributed by atoms with Crippen LogP contribution in [-0.2, 0) is 13.0 Å². The fraction of sp³-hybridized carbons (Fsp3) is 0.474. The zero-order valence-electron chi connectivity index (χ0n) is 14.3. The van der Waals surface area contributed by atoms with Gasteiger partial charge in [0.1, 0.15) is 0 Å². The van der Waals surface area contributed by atoms with E-state index >= 15 is 0 Å². The maximum atomic E-state index is 12.7. The maximum absolute atomic E-state index is 12.7. The molecule has 0 saturated heterocycles. The number of amides is 2. The first-order chi connectivity index (χ1) is 12.2. The van der Waals surface area contributed by atoms with Crippen LogP contribution in [0.4, 0.5) is 4.79 Å². The van der Waals surface area contributed by atoms with Crippen LogP contribution in [0.15, 0.2) is 35.1 Å². The highest BCUT2D eigenvalue weighted by Gasteiger charge is 2.27. The van der Waals surface area contributed by atoms with Crippen LogP contribution in [-0.4, -0.2) is 33.3 Å². The predicted molar refractivity (Wildman–Crippen MR) is 95.9 cm³/mol. The van der Waals surface area contributed by atoms with E-state index in [-0.39, 0.29) is 17.6 Å². The van der Waals surface area contributed by atoms with Crippen molar-refractivity contribution in [2.45, 2.75) is 51.1 Å². The molecule has 4 rings (SSSR count). The fourth-order valence-corrected chi connectivity index (χ4v) is 3.85. The molecule has 1 aromatic carbocycles. The van der Waals surface area contributed by atoms with Crippen LogP contribution >= 0.6 is 0 Å². The molecule has 1 fully saturated rings. The number of H-pyrrole nitrogens is 1. The van der Waals surface area contributed by atoms with Gasteiger partial charge in [0.25, 0.3) is 5.56 Å². The van der Waals surface area contributed by atoms with Crippen LogP contribution < -0.4 is 10.9 Å². The third-order valence-corrected chi connectivity index (χ3v) is 5.29. The number of carbonyl (C=O) groups is 1. The molecule has 1 aromatic heterocycles. The van der Waals surface area contributed by atoms with E-state index in [0.29, 0.717) is 25.1 Å². The number of benzene rings is 1. The predicted octanol–water partition coefficient (Wildman–Crippen LogP) is 2.57. The van der Waals surface area contributed by atoms with Gasteiger partial charge < -0.3 is 10.2 Å². The standard InChI is InChI=1S/C19H24N4O2/c24-18-16-13-22(19(25)20-14-7-3-1-4-8-14)12-11-17(16)21-23(18)15-9-5-2-6-10-15/h2,5-6,9-10,14,21H,1,3-4,7-8,11-13H2,(H,20,25). The number of carbonyl (C=O) groups excluding carboxylic acids is 1. The van der Waals surface area contributed by atoms with E-state index in [2.05, 4.69) is 10.4 Å². The maximum Gasteiger partial charge on any atom is 0.317 e. The lowest BCUT2D eigenvalue weighted by Gasteiger charge is -2.30. The molecule has 1 saturated carbocycles. The second-order valence-electron chi connectivity index (χ2n) is 7.00. The first kappa shape index (κ1) is 16.0. The Kier molecular flexibility index (Phi) is 4.34. The molecule has 0 radical (unpaired) electrons. The van der Waals surface area contributed by atoms with Gasteiger partial charge in [0, 0.05) is 24.7 Å². The van der Waals surface area contributed by atoms with Gasteiger partial charge in [-0.05, 0) is 25.0 Å². The molecule has 6 nitrogen and oxygen atoms in total. The Morgan fingerprint density at radius 1 is 1.12 bits per heavy atom. The Bertz CT molecular complexity index is 803. The molecule has 0 unspecified atom stereocenters. The Morgan fingerprint density at radius 2 is 1.88 bits per heavy atom. The molecule has 1 aliphatic carbocycles. The molecule has 6 heteroatoms. The Balaban J connectivity index is 1.50. The van der Waals surface area contributed by atoms with Crippen LogP contribution in [0, 0.1) is 0 Å². The van der Waals surface area contributed by atoms with Gasteiger partial charge in [0.2, 0.25) is 0 Å². The van der Waals surface area contributed by atoms with Crippen LogP contribution in [0.2, 0.25) is 0 Å². The highest BCUT2D eigenvalue weighted by atomic mass is 16.2. The number of aromatic nitrogens is 2. The Morgan fingerprint density at radius 3 is 2.64 bits per heavy atom. The summed E-state index contributed by atoms with van der Waals surface area (Å²) < 4.78 is 1.58. The van der Waals surface area contributed by atoms with E-state index in [0.717, 1.165) is 24.2 Å². The van der Waals surface area contributed by atoms with Gasteiger partial charge in [-0.25, -0.2) is 9.48 Å². The van der Waals surface area contributed by atoms with Gasteiger partial charge >= 0.3 is 6.03 Å². The number of nitrogens with zero attached hydrogens (tertiary/aromatic N) is 2. The summed E-state index contributed by atoms with van der Waals surface area (Å²) in [5, 5.41) is 6.35. The van der Waals surface area contributed by atoms with Crippen molar-refractivity contribution < 1.29 is 4.79 Å². The number of rotatable bonds is 2. The summed E-state index contributed by atoms with van der Waals surface area (Å²) in [6.07, 6.45) is 6.46. The van der Waals surface area contributed by atoms with Gasteiger partial charge in [-0.2, -0.15) is 0 Å². The average Bonchev–Trinajstić information content (AvgIpc) is 2.99. The van der Waals surface area contributed by atoms with Crippen molar-refractivity contribution in [1.29, 1.82) is 0 Å². The molecule has 2 aromatic rings. The molecule has 0 atom stereocenters. The summed E-state index contributed by atoms with van der Waals surface area (Å²) in [6.45, 7) is 1.02. The van der Waals surface area contributed by atoms with E-state index in [1.54, 1.807) is 9.58 Å². The van der Waals surface area contributed by atoms with Crippen LogP contribution in [0.3, 0.4) is 0 Å². The molecule has 0 spiro atoms. The Hall–Kier alpha value is -2.50. The highest BCUT2D eigenvalue weighted by molar-refractivity contribution is 5.74. The number of hydrogen-bond acceptors (Lipinski definition) is 2. The van der Waals surface area contributed by atoms with Crippen LogP contribution in [0.5, 0.6) is 0 Å². The smallest absolute Gasteiger partial charge is 0.317 e. The van der Waals surface area contributed by atoms with Crippen molar-refractivity contribution in [3.63, 3.8) is 0 Å². The molecule has 2 N–H and O–H groups in total. The molecule has 0 bridgehead atoms. The van der Waals surface area contributed by atoms with Gasteiger partial charge in [-0.3, -0.25) is 9.89 Å². The molecule has 2 amide bonds. The number of nitrogens with one attached hydrogen (secondary N) is 2. The van der Waals surface area contributed by atoms with E-state index in [9.17, 15) is 9.59 Å². The van der Waals surface area contributed by atoms with Crippen LogP contribution in [0.25, 0.3) is 5.69 Å². The lowest BCUT2D eigenvalue weighted by atomic mass is 9.96. The lowest BCUT2D eigenvalue weighted by Crippen LogP contribution is -2.47. The van der Waals surface area contributed by atoms with E-state index in [1.807, 2.05) is 30.3 Å². The van der Waals surface area contributed by atoms with E-state index in [4.69, 9.17) is 0 Å². The number of hydrogen-bond donors (Lipinski definition) is 2. The second kappa shape index (κ2) is 6.78. The van der Waals surface area contributed by atoms with Crippen molar-refractivity contribution in [3.8, 4) is 5.69 Å². The van der Waals surface area contributed by atoms with Crippen molar-refractivity contribution in [2.24, 2.45) is 0 Å².